The SMILES string of the molecule is CC(NCc1ccnc(N2CCN(C)CC2)c1)c1cn2c(n1)CCCC2. The van der Waals surface area contributed by atoms with E-state index in [1.54, 1.807) is 0 Å². The fraction of sp³-hybridized carbons (Fsp3) is 0.600. The first kappa shape index (κ1) is 17.5. The summed E-state index contributed by atoms with van der Waals surface area (Å²) in [5.41, 5.74) is 2.44. The van der Waals surface area contributed by atoms with E-state index in [0.29, 0.717) is 0 Å². The number of fused-ring (bicyclic) bond motifs is 1. The molecule has 140 valence electrons. The van der Waals surface area contributed by atoms with Gasteiger partial charge in [-0.2, -0.15) is 0 Å². The largest absolute Gasteiger partial charge is 0.354 e. The molecule has 0 aromatic carbocycles. The van der Waals surface area contributed by atoms with Gasteiger partial charge in [0.05, 0.1) is 5.69 Å². The Morgan fingerprint density at radius 2 is 2.00 bits per heavy atom. The van der Waals surface area contributed by atoms with Gasteiger partial charge >= 0.3 is 0 Å². The molecule has 0 spiro atoms. The van der Waals surface area contributed by atoms with Crippen LogP contribution in [0, 0.1) is 0 Å². The Kier molecular flexibility index (Phi) is 5.22. The van der Waals surface area contributed by atoms with Crippen LogP contribution >= 0.6 is 0 Å². The number of nitrogens with one attached hydrogen (secondary N) is 1. The molecule has 2 aromatic heterocycles. The molecule has 2 aliphatic heterocycles. The maximum absolute atomic E-state index is 4.84. The Labute approximate surface area is 156 Å². The van der Waals surface area contributed by atoms with Crippen LogP contribution in [-0.4, -0.2) is 52.7 Å². The number of hydrogen-bond acceptors (Lipinski definition) is 5. The van der Waals surface area contributed by atoms with Crippen molar-refractivity contribution in [3.8, 4) is 0 Å². The van der Waals surface area contributed by atoms with Crippen LogP contribution in [0.4, 0.5) is 5.82 Å². The zero-order valence-electron chi connectivity index (χ0n) is 16.0. The van der Waals surface area contributed by atoms with Crippen molar-refractivity contribution in [3.63, 3.8) is 0 Å². The summed E-state index contributed by atoms with van der Waals surface area (Å²) < 4.78 is 2.33. The van der Waals surface area contributed by atoms with Gasteiger partial charge in [-0.1, -0.05) is 0 Å². The van der Waals surface area contributed by atoms with Crippen LogP contribution in [0.2, 0.25) is 0 Å². The Bertz CT molecular complexity index is 708. The normalized spacial score (nSPS) is 19.4. The van der Waals surface area contributed by atoms with Gasteiger partial charge in [0.1, 0.15) is 11.6 Å². The van der Waals surface area contributed by atoms with E-state index < -0.39 is 0 Å². The second-order valence-corrected chi connectivity index (χ2v) is 7.65. The Balaban J connectivity index is 1.37. The summed E-state index contributed by atoms with van der Waals surface area (Å²) in [7, 11) is 2.18. The minimum Gasteiger partial charge on any atom is -0.354 e. The first-order valence-electron chi connectivity index (χ1n) is 9.87. The van der Waals surface area contributed by atoms with Gasteiger partial charge in [-0.05, 0) is 44.5 Å². The average Bonchev–Trinajstić information content (AvgIpc) is 3.11. The highest BCUT2D eigenvalue weighted by Crippen LogP contribution is 2.20. The minimum atomic E-state index is 0.258. The number of aryl methyl sites for hydroxylation is 2. The summed E-state index contributed by atoms with van der Waals surface area (Å²) >= 11 is 0. The van der Waals surface area contributed by atoms with Crippen LogP contribution in [0.5, 0.6) is 0 Å². The van der Waals surface area contributed by atoms with Crippen molar-refractivity contribution in [1.82, 2.24) is 24.8 Å². The quantitative estimate of drug-likeness (QED) is 0.892. The van der Waals surface area contributed by atoms with Gasteiger partial charge in [0.2, 0.25) is 0 Å². The molecule has 0 bridgehead atoms. The van der Waals surface area contributed by atoms with Gasteiger partial charge < -0.3 is 19.7 Å². The molecule has 1 saturated heterocycles. The summed E-state index contributed by atoms with van der Waals surface area (Å²) in [6.45, 7) is 8.48. The molecule has 1 N–H and O–H groups in total. The van der Waals surface area contributed by atoms with Crippen LogP contribution in [0.1, 0.15) is 42.9 Å². The molecule has 0 amide bonds. The smallest absolute Gasteiger partial charge is 0.128 e. The molecule has 26 heavy (non-hydrogen) atoms. The van der Waals surface area contributed by atoms with Gasteiger partial charge in [0, 0.05) is 64.1 Å². The van der Waals surface area contributed by atoms with Gasteiger partial charge in [0.15, 0.2) is 0 Å². The highest BCUT2D eigenvalue weighted by molar-refractivity contribution is 5.41. The summed E-state index contributed by atoms with van der Waals surface area (Å²) in [5.74, 6) is 2.35. The molecule has 1 unspecified atom stereocenters. The second-order valence-electron chi connectivity index (χ2n) is 7.65. The molecular formula is C20H30N6. The van der Waals surface area contributed by atoms with E-state index in [1.165, 1.54) is 24.2 Å². The van der Waals surface area contributed by atoms with Crippen LogP contribution in [0.3, 0.4) is 0 Å². The Morgan fingerprint density at radius 1 is 1.15 bits per heavy atom. The summed E-state index contributed by atoms with van der Waals surface area (Å²) in [6, 6.07) is 4.59. The van der Waals surface area contributed by atoms with Crippen molar-refractivity contribution >= 4 is 5.82 Å². The van der Waals surface area contributed by atoms with Crippen LogP contribution in [0.15, 0.2) is 24.5 Å². The van der Waals surface area contributed by atoms with Crippen LogP contribution in [-0.2, 0) is 19.5 Å². The van der Waals surface area contributed by atoms with Crippen molar-refractivity contribution < 1.29 is 0 Å². The van der Waals surface area contributed by atoms with Gasteiger partial charge in [0.25, 0.3) is 0 Å². The molecule has 1 atom stereocenters. The highest BCUT2D eigenvalue weighted by Gasteiger charge is 2.17. The highest BCUT2D eigenvalue weighted by atomic mass is 15.3. The average molecular weight is 355 g/mol. The number of nitrogens with zero attached hydrogens (tertiary/aromatic N) is 5. The Hall–Kier alpha value is -1.92. The monoisotopic (exact) mass is 354 g/mol. The van der Waals surface area contributed by atoms with Gasteiger partial charge in [-0.25, -0.2) is 9.97 Å². The lowest BCUT2D eigenvalue weighted by atomic mass is 10.2. The zero-order chi connectivity index (χ0) is 17.9. The van der Waals surface area contributed by atoms with E-state index in [2.05, 4.69) is 57.0 Å². The van der Waals surface area contributed by atoms with Gasteiger partial charge in [-0.3, -0.25) is 0 Å². The van der Waals surface area contributed by atoms with E-state index >= 15 is 0 Å². The van der Waals surface area contributed by atoms with Crippen molar-refractivity contribution in [2.45, 2.75) is 45.3 Å². The van der Waals surface area contributed by atoms with Crippen LogP contribution < -0.4 is 10.2 Å². The van der Waals surface area contributed by atoms with E-state index in [-0.39, 0.29) is 6.04 Å². The molecule has 4 heterocycles. The maximum atomic E-state index is 4.84. The molecule has 2 aliphatic rings. The molecule has 4 rings (SSSR count). The molecule has 1 fully saturated rings. The van der Waals surface area contributed by atoms with Crippen molar-refractivity contribution in [1.29, 1.82) is 0 Å². The third-order valence-corrected chi connectivity index (χ3v) is 5.62. The number of likely N-dealkylation sites (N-methyl/N-ethyl adjacent to an activating group) is 1. The summed E-state index contributed by atoms with van der Waals surface area (Å²) in [4.78, 5) is 14.2. The minimum absolute atomic E-state index is 0.258. The number of imidazole rings is 1. The Morgan fingerprint density at radius 3 is 2.81 bits per heavy atom. The number of hydrogen-bond donors (Lipinski definition) is 1. The predicted octanol–water partition coefficient (Wildman–Crippen LogP) is 2.22. The molecule has 0 saturated carbocycles. The maximum Gasteiger partial charge on any atom is 0.128 e. The van der Waals surface area contributed by atoms with E-state index in [0.717, 1.165) is 57.2 Å². The van der Waals surface area contributed by atoms with Gasteiger partial charge in [-0.15, -0.1) is 0 Å². The van der Waals surface area contributed by atoms with Crippen molar-refractivity contribution in [2.75, 3.05) is 38.1 Å². The van der Waals surface area contributed by atoms with E-state index in [4.69, 9.17) is 4.98 Å². The first-order chi connectivity index (χ1) is 12.7. The lowest BCUT2D eigenvalue weighted by Crippen LogP contribution is -2.44. The fourth-order valence-electron chi connectivity index (χ4n) is 3.80. The zero-order valence-corrected chi connectivity index (χ0v) is 16.0. The molecule has 6 nitrogen and oxygen atoms in total. The van der Waals surface area contributed by atoms with Crippen molar-refractivity contribution in [3.05, 3.63) is 41.6 Å². The fourth-order valence-corrected chi connectivity index (χ4v) is 3.80. The molecule has 6 heteroatoms. The summed E-state index contributed by atoms with van der Waals surface area (Å²) in [5, 5.41) is 3.63. The molecular weight excluding hydrogens is 324 g/mol. The third-order valence-electron chi connectivity index (χ3n) is 5.62. The predicted molar refractivity (Wildman–Crippen MR) is 104 cm³/mol. The number of aromatic nitrogens is 3. The first-order valence-corrected chi connectivity index (χ1v) is 9.87. The lowest BCUT2D eigenvalue weighted by molar-refractivity contribution is 0.312. The topological polar surface area (TPSA) is 49.2 Å². The molecule has 0 aliphatic carbocycles. The number of rotatable bonds is 5. The van der Waals surface area contributed by atoms with Crippen molar-refractivity contribution in [2.24, 2.45) is 0 Å². The van der Waals surface area contributed by atoms with Crippen LogP contribution in [0.25, 0.3) is 0 Å². The lowest BCUT2D eigenvalue weighted by Gasteiger charge is -2.33. The number of pyridine rings is 1. The van der Waals surface area contributed by atoms with E-state index in [1.807, 2.05) is 6.20 Å². The second kappa shape index (κ2) is 7.76. The standard InChI is InChI=1S/C20H30N6/c1-16(18-15-26-8-4-3-5-19(26)23-18)22-14-17-6-7-21-20(13-17)25-11-9-24(2)10-12-25/h6-7,13,15-16,22H,3-5,8-12,14H2,1-2H3. The number of piperazine rings is 1. The van der Waals surface area contributed by atoms with E-state index in [9.17, 15) is 0 Å². The molecule has 0 radical (unpaired) electrons. The summed E-state index contributed by atoms with van der Waals surface area (Å²) in [6.07, 6.45) is 7.82. The number of anilines is 1. The third kappa shape index (κ3) is 3.91. The molecule has 2 aromatic rings.